The highest BCUT2D eigenvalue weighted by atomic mass is 32.2. The van der Waals surface area contributed by atoms with Crippen LogP contribution in [-0.4, -0.2) is 41.9 Å². The van der Waals surface area contributed by atoms with Crippen LogP contribution in [0.15, 0.2) is 52.9 Å². The SMILES string of the molecule is CNC(=O)c1ccc(NC(=O)CSc2nnc(Nc3ccccc3OC)s2)cc1. The molecule has 0 atom stereocenters. The Morgan fingerprint density at radius 2 is 1.86 bits per heavy atom. The van der Waals surface area contributed by atoms with Crippen molar-refractivity contribution >= 4 is 51.4 Å². The molecule has 0 fully saturated rings. The van der Waals surface area contributed by atoms with Crippen molar-refractivity contribution in [1.82, 2.24) is 15.5 Å². The molecule has 10 heteroatoms. The molecular formula is C19H19N5O3S2. The minimum Gasteiger partial charge on any atom is -0.495 e. The molecule has 0 aliphatic rings. The molecule has 3 rings (SSSR count). The summed E-state index contributed by atoms with van der Waals surface area (Å²) < 4.78 is 5.97. The number of methoxy groups -OCH3 is 1. The van der Waals surface area contributed by atoms with E-state index in [0.717, 1.165) is 5.69 Å². The van der Waals surface area contributed by atoms with Crippen LogP contribution in [0.3, 0.4) is 0 Å². The van der Waals surface area contributed by atoms with Crippen molar-refractivity contribution in [2.45, 2.75) is 4.34 Å². The number of nitrogens with one attached hydrogen (secondary N) is 3. The van der Waals surface area contributed by atoms with E-state index in [2.05, 4.69) is 26.1 Å². The van der Waals surface area contributed by atoms with Crippen LogP contribution in [0.25, 0.3) is 0 Å². The second-order valence-electron chi connectivity index (χ2n) is 5.69. The van der Waals surface area contributed by atoms with Gasteiger partial charge in [-0.3, -0.25) is 9.59 Å². The number of aromatic nitrogens is 2. The van der Waals surface area contributed by atoms with Crippen LogP contribution in [0.4, 0.5) is 16.5 Å². The van der Waals surface area contributed by atoms with Crippen molar-refractivity contribution in [3.63, 3.8) is 0 Å². The molecule has 0 saturated heterocycles. The summed E-state index contributed by atoms with van der Waals surface area (Å²) in [6.07, 6.45) is 0. The third kappa shape index (κ3) is 5.69. The van der Waals surface area contributed by atoms with Gasteiger partial charge in [0.25, 0.3) is 5.91 Å². The maximum Gasteiger partial charge on any atom is 0.251 e. The molecule has 0 radical (unpaired) electrons. The Labute approximate surface area is 176 Å². The van der Waals surface area contributed by atoms with Crippen molar-refractivity contribution in [3.8, 4) is 5.75 Å². The molecule has 3 N–H and O–H groups in total. The second-order valence-corrected chi connectivity index (χ2v) is 7.89. The average molecular weight is 430 g/mol. The molecule has 0 aliphatic heterocycles. The molecule has 0 aliphatic carbocycles. The second kappa shape index (κ2) is 9.89. The highest BCUT2D eigenvalue weighted by Crippen LogP contribution is 2.31. The lowest BCUT2D eigenvalue weighted by atomic mass is 10.2. The number of thioether (sulfide) groups is 1. The van der Waals surface area contributed by atoms with Crippen LogP contribution in [0.1, 0.15) is 10.4 Å². The largest absolute Gasteiger partial charge is 0.495 e. The first kappa shape index (κ1) is 20.6. The first-order chi connectivity index (χ1) is 14.1. The Bertz CT molecular complexity index is 992. The standard InChI is InChI=1S/C19H19N5O3S2/c1-20-17(26)12-7-9-13(10-8-12)21-16(25)11-28-19-24-23-18(29-19)22-14-5-3-4-6-15(14)27-2/h3-10H,11H2,1-2H3,(H,20,26)(H,21,25)(H,22,23). The Morgan fingerprint density at radius 1 is 1.10 bits per heavy atom. The smallest absolute Gasteiger partial charge is 0.251 e. The summed E-state index contributed by atoms with van der Waals surface area (Å²) >= 11 is 2.65. The number of carbonyl (C=O) groups is 2. The van der Waals surface area contributed by atoms with Gasteiger partial charge >= 0.3 is 0 Å². The van der Waals surface area contributed by atoms with Gasteiger partial charge < -0.3 is 20.7 Å². The van der Waals surface area contributed by atoms with Crippen molar-refractivity contribution in [2.24, 2.45) is 0 Å². The summed E-state index contributed by atoms with van der Waals surface area (Å²) in [7, 11) is 3.17. The maximum atomic E-state index is 12.2. The highest BCUT2D eigenvalue weighted by Gasteiger charge is 2.11. The molecule has 150 valence electrons. The third-order valence-corrected chi connectivity index (χ3v) is 5.71. The van der Waals surface area contributed by atoms with Crippen LogP contribution < -0.4 is 20.7 Å². The lowest BCUT2D eigenvalue weighted by Gasteiger charge is -2.07. The van der Waals surface area contributed by atoms with E-state index in [1.54, 1.807) is 38.4 Å². The summed E-state index contributed by atoms with van der Waals surface area (Å²) in [6, 6.07) is 14.2. The molecule has 0 saturated carbocycles. The van der Waals surface area contributed by atoms with Crippen molar-refractivity contribution in [2.75, 3.05) is 30.5 Å². The molecule has 0 bridgehead atoms. The monoisotopic (exact) mass is 429 g/mol. The quantitative estimate of drug-likeness (QED) is 0.472. The van der Waals surface area contributed by atoms with Gasteiger partial charge in [-0.2, -0.15) is 0 Å². The van der Waals surface area contributed by atoms with Crippen LogP contribution in [0.2, 0.25) is 0 Å². The van der Waals surface area contributed by atoms with E-state index in [0.29, 0.717) is 26.5 Å². The molecule has 8 nitrogen and oxygen atoms in total. The summed E-state index contributed by atoms with van der Waals surface area (Å²) in [5.74, 6) is 0.559. The zero-order chi connectivity index (χ0) is 20.6. The molecule has 0 spiro atoms. The average Bonchev–Trinajstić information content (AvgIpc) is 3.20. The first-order valence-electron chi connectivity index (χ1n) is 8.57. The van der Waals surface area contributed by atoms with Crippen molar-refractivity contribution in [1.29, 1.82) is 0 Å². The van der Waals surface area contributed by atoms with Crippen LogP contribution in [-0.2, 0) is 4.79 Å². The van der Waals surface area contributed by atoms with Gasteiger partial charge in [0.15, 0.2) is 4.34 Å². The number of benzene rings is 2. The summed E-state index contributed by atoms with van der Waals surface area (Å²) in [6.45, 7) is 0. The normalized spacial score (nSPS) is 10.3. The molecular weight excluding hydrogens is 410 g/mol. The molecule has 1 aromatic heterocycles. The van der Waals surface area contributed by atoms with E-state index in [4.69, 9.17) is 4.74 Å². The van der Waals surface area contributed by atoms with Crippen molar-refractivity contribution < 1.29 is 14.3 Å². The number of para-hydroxylation sites is 2. The summed E-state index contributed by atoms with van der Waals surface area (Å²) in [5.41, 5.74) is 1.95. The van der Waals surface area contributed by atoms with Gasteiger partial charge in [0.2, 0.25) is 11.0 Å². The third-order valence-electron chi connectivity index (χ3n) is 3.74. The predicted molar refractivity (Wildman–Crippen MR) is 115 cm³/mol. The van der Waals surface area contributed by atoms with Gasteiger partial charge in [-0.25, -0.2) is 0 Å². The number of amides is 2. The number of rotatable bonds is 8. The molecule has 2 aromatic carbocycles. The van der Waals surface area contributed by atoms with Gasteiger partial charge in [-0.15, -0.1) is 10.2 Å². The highest BCUT2D eigenvalue weighted by molar-refractivity contribution is 8.01. The molecule has 2 amide bonds. The Balaban J connectivity index is 1.51. The van der Waals surface area contributed by atoms with Crippen LogP contribution in [0.5, 0.6) is 5.75 Å². The van der Waals surface area contributed by atoms with E-state index < -0.39 is 0 Å². The number of hydrogen-bond acceptors (Lipinski definition) is 8. The van der Waals surface area contributed by atoms with Gasteiger partial charge in [0.05, 0.1) is 18.6 Å². The lowest BCUT2D eigenvalue weighted by Crippen LogP contribution is -2.18. The Kier molecular flexibility index (Phi) is 7.04. The predicted octanol–water partition coefficient (Wildman–Crippen LogP) is 3.38. The van der Waals surface area contributed by atoms with E-state index in [1.165, 1.54) is 23.1 Å². The first-order valence-corrected chi connectivity index (χ1v) is 10.4. The zero-order valence-electron chi connectivity index (χ0n) is 15.8. The van der Waals surface area contributed by atoms with Crippen LogP contribution in [0, 0.1) is 0 Å². The van der Waals surface area contributed by atoms with Gasteiger partial charge in [-0.05, 0) is 36.4 Å². The van der Waals surface area contributed by atoms with E-state index in [9.17, 15) is 9.59 Å². The number of anilines is 3. The van der Waals surface area contributed by atoms with Crippen LogP contribution >= 0.6 is 23.1 Å². The fourth-order valence-corrected chi connectivity index (χ4v) is 3.92. The zero-order valence-corrected chi connectivity index (χ0v) is 17.4. The number of hydrogen-bond donors (Lipinski definition) is 3. The fraction of sp³-hybridized carbons (Fsp3) is 0.158. The summed E-state index contributed by atoms with van der Waals surface area (Å²) in [4.78, 5) is 23.7. The molecule has 29 heavy (non-hydrogen) atoms. The van der Waals surface area contributed by atoms with E-state index in [1.807, 2.05) is 24.3 Å². The molecule has 0 unspecified atom stereocenters. The maximum absolute atomic E-state index is 12.2. The Hall–Kier alpha value is -3.11. The lowest BCUT2D eigenvalue weighted by molar-refractivity contribution is -0.113. The minimum absolute atomic E-state index is 0.169. The van der Waals surface area contributed by atoms with Gasteiger partial charge in [0, 0.05) is 18.3 Å². The molecule has 1 heterocycles. The number of carbonyl (C=O) groups excluding carboxylic acids is 2. The van der Waals surface area contributed by atoms with Gasteiger partial charge in [-0.1, -0.05) is 35.2 Å². The van der Waals surface area contributed by atoms with E-state index >= 15 is 0 Å². The molecule has 3 aromatic rings. The Morgan fingerprint density at radius 3 is 2.59 bits per heavy atom. The van der Waals surface area contributed by atoms with Gasteiger partial charge in [0.1, 0.15) is 5.75 Å². The summed E-state index contributed by atoms with van der Waals surface area (Å²) in [5, 5.41) is 17.3. The number of ether oxygens (including phenoxy) is 1. The topological polar surface area (TPSA) is 105 Å². The fourth-order valence-electron chi connectivity index (χ4n) is 2.36. The minimum atomic E-state index is -0.174. The van der Waals surface area contributed by atoms with Crippen molar-refractivity contribution in [3.05, 3.63) is 54.1 Å². The number of nitrogens with zero attached hydrogens (tertiary/aromatic N) is 2. The van der Waals surface area contributed by atoms with E-state index in [-0.39, 0.29) is 17.6 Å².